The molecular formula is C19H15F3INO10S. The molecule has 2 aromatic carbocycles. The van der Waals surface area contributed by atoms with Crippen molar-refractivity contribution in [3.05, 3.63) is 67.3 Å². The minimum Gasteiger partial charge on any atom is -0.490 e. The Morgan fingerprint density at radius 2 is 1.71 bits per heavy atom. The van der Waals surface area contributed by atoms with Gasteiger partial charge in [0.2, 0.25) is 6.10 Å². The maximum Gasteiger partial charge on any atom is 0.426 e. The van der Waals surface area contributed by atoms with E-state index < -0.39 is 68.4 Å². The van der Waals surface area contributed by atoms with Gasteiger partial charge in [-0.15, -0.1) is 0 Å². The fourth-order valence-electron chi connectivity index (χ4n) is 2.55. The van der Waals surface area contributed by atoms with Crippen LogP contribution in [0, 0.1) is 13.7 Å². The van der Waals surface area contributed by atoms with Gasteiger partial charge in [0.1, 0.15) is 24.7 Å². The van der Waals surface area contributed by atoms with E-state index in [-0.39, 0.29) is 6.61 Å². The molecule has 0 saturated carbocycles. The second kappa shape index (κ2) is 11.6. The predicted molar refractivity (Wildman–Crippen MR) is 120 cm³/mol. The van der Waals surface area contributed by atoms with Crippen LogP contribution in [0.1, 0.15) is 20.7 Å². The van der Waals surface area contributed by atoms with Crippen LogP contribution in [-0.4, -0.2) is 61.1 Å². The van der Waals surface area contributed by atoms with Gasteiger partial charge in [0.25, 0.3) is 15.8 Å². The van der Waals surface area contributed by atoms with Gasteiger partial charge in [-0.2, -0.15) is 21.6 Å². The summed E-state index contributed by atoms with van der Waals surface area (Å²) in [4.78, 5) is 35.2. The Morgan fingerprint density at radius 1 is 1.09 bits per heavy atom. The number of carbonyl (C=O) groups is 2. The van der Waals surface area contributed by atoms with Gasteiger partial charge in [-0.1, -0.05) is 6.07 Å². The molecule has 0 radical (unpaired) electrons. The Balaban J connectivity index is 2.23. The van der Waals surface area contributed by atoms with E-state index >= 15 is 0 Å². The van der Waals surface area contributed by atoms with Gasteiger partial charge in [0.05, 0.1) is 10.5 Å². The third-order valence-corrected chi connectivity index (χ3v) is 5.48. The number of nitrogens with zero attached hydrogens (tertiary/aromatic N) is 1. The van der Waals surface area contributed by atoms with Gasteiger partial charge in [-0.25, -0.2) is 9.59 Å². The molecular weight excluding hydrogens is 618 g/mol. The van der Waals surface area contributed by atoms with Crippen LogP contribution in [-0.2, 0) is 19.6 Å². The second-order valence-corrected chi connectivity index (χ2v) is 9.32. The third kappa shape index (κ3) is 8.62. The SMILES string of the molecule is O=C(OC(CS(=O)(=O)O)C(F)(F)F)c1cccc([N+](=O)[O-])c1C(=O)OCCOc1ccc(I)cc1. The van der Waals surface area contributed by atoms with Crippen molar-refractivity contribution in [1.82, 2.24) is 0 Å². The molecule has 2 aromatic rings. The van der Waals surface area contributed by atoms with Crippen molar-refractivity contribution in [2.45, 2.75) is 12.3 Å². The molecule has 0 heterocycles. The standard InChI is InChI=1S/C19H15F3INO10S/c20-19(21,22)15(10-35(29,30)31)34-17(25)13-2-1-3-14(24(27)28)16(13)18(26)33-9-8-32-12-6-4-11(23)5-7-12/h1-7,15H,8-10H2,(H,29,30,31). The Labute approximate surface area is 209 Å². The highest BCUT2D eigenvalue weighted by molar-refractivity contribution is 14.1. The first-order valence-electron chi connectivity index (χ1n) is 9.25. The summed E-state index contributed by atoms with van der Waals surface area (Å²) in [6.45, 7) is -0.642. The fourth-order valence-corrected chi connectivity index (χ4v) is 3.55. The van der Waals surface area contributed by atoms with Crippen LogP contribution in [0.15, 0.2) is 42.5 Å². The molecule has 0 aromatic heterocycles. The first kappa shape index (κ1) is 28.2. The molecule has 0 aliphatic heterocycles. The van der Waals surface area contributed by atoms with E-state index in [0.717, 1.165) is 21.8 Å². The Hall–Kier alpha value is -2.99. The Bertz CT molecular complexity index is 1200. The van der Waals surface area contributed by atoms with E-state index in [1.54, 1.807) is 24.3 Å². The number of nitro groups is 1. The first-order chi connectivity index (χ1) is 16.2. The highest BCUT2D eigenvalue weighted by Gasteiger charge is 2.46. The molecule has 0 aliphatic carbocycles. The summed E-state index contributed by atoms with van der Waals surface area (Å²) >= 11 is 2.07. The smallest absolute Gasteiger partial charge is 0.426 e. The van der Waals surface area contributed by atoms with Crippen molar-refractivity contribution in [2.75, 3.05) is 19.0 Å². The summed E-state index contributed by atoms with van der Waals surface area (Å²) in [6.07, 6.45) is -8.73. The molecule has 0 fully saturated rings. The molecule has 190 valence electrons. The zero-order valence-electron chi connectivity index (χ0n) is 17.2. The van der Waals surface area contributed by atoms with Crippen molar-refractivity contribution in [2.24, 2.45) is 0 Å². The molecule has 1 N–H and O–H groups in total. The number of alkyl halides is 3. The average Bonchev–Trinajstić information content (AvgIpc) is 2.75. The lowest BCUT2D eigenvalue weighted by molar-refractivity contribution is -0.385. The fraction of sp³-hybridized carbons (Fsp3) is 0.263. The van der Waals surface area contributed by atoms with Crippen molar-refractivity contribution in [3.63, 3.8) is 0 Å². The summed E-state index contributed by atoms with van der Waals surface area (Å²) in [5.41, 5.74) is -2.96. The highest BCUT2D eigenvalue weighted by atomic mass is 127. The van der Waals surface area contributed by atoms with Gasteiger partial charge in [0, 0.05) is 9.64 Å². The van der Waals surface area contributed by atoms with Crippen LogP contribution in [0.5, 0.6) is 5.75 Å². The number of ether oxygens (including phenoxy) is 3. The van der Waals surface area contributed by atoms with Gasteiger partial charge in [0.15, 0.2) is 5.56 Å². The number of halogens is 4. The van der Waals surface area contributed by atoms with E-state index in [2.05, 4.69) is 27.3 Å². The monoisotopic (exact) mass is 633 g/mol. The third-order valence-electron chi connectivity index (χ3n) is 4.04. The van der Waals surface area contributed by atoms with Gasteiger partial charge >= 0.3 is 18.1 Å². The summed E-state index contributed by atoms with van der Waals surface area (Å²) in [5, 5.41) is 11.3. The van der Waals surface area contributed by atoms with Crippen LogP contribution in [0.3, 0.4) is 0 Å². The predicted octanol–water partition coefficient (Wildman–Crippen LogP) is 3.41. The van der Waals surface area contributed by atoms with Crippen LogP contribution < -0.4 is 4.74 Å². The van der Waals surface area contributed by atoms with Crippen molar-refractivity contribution < 1.29 is 54.9 Å². The van der Waals surface area contributed by atoms with Gasteiger partial charge in [-0.05, 0) is 52.9 Å². The summed E-state index contributed by atoms with van der Waals surface area (Å²) < 4.78 is 85.0. The number of carbonyl (C=O) groups excluding carboxylic acids is 2. The highest BCUT2D eigenvalue weighted by Crippen LogP contribution is 2.28. The lowest BCUT2D eigenvalue weighted by Crippen LogP contribution is -2.39. The molecule has 0 saturated heterocycles. The molecule has 1 atom stereocenters. The van der Waals surface area contributed by atoms with Crippen LogP contribution >= 0.6 is 22.6 Å². The maximum atomic E-state index is 13.1. The van der Waals surface area contributed by atoms with Crippen molar-refractivity contribution in [3.8, 4) is 5.75 Å². The van der Waals surface area contributed by atoms with Crippen molar-refractivity contribution >= 4 is 50.3 Å². The van der Waals surface area contributed by atoms with E-state index in [9.17, 15) is 41.3 Å². The molecule has 0 aliphatic rings. The molecule has 0 amide bonds. The summed E-state index contributed by atoms with van der Waals surface area (Å²) in [5.74, 6) is -4.93. The van der Waals surface area contributed by atoms with E-state index in [0.29, 0.717) is 5.75 Å². The number of hydrogen-bond donors (Lipinski definition) is 1. The van der Waals surface area contributed by atoms with Crippen molar-refractivity contribution in [1.29, 1.82) is 0 Å². The van der Waals surface area contributed by atoms with Gasteiger partial charge in [-0.3, -0.25) is 14.7 Å². The van der Waals surface area contributed by atoms with Crippen LogP contribution in [0.4, 0.5) is 18.9 Å². The Morgan fingerprint density at radius 3 is 2.26 bits per heavy atom. The zero-order valence-corrected chi connectivity index (χ0v) is 20.2. The molecule has 11 nitrogen and oxygen atoms in total. The van der Waals surface area contributed by atoms with Crippen LogP contribution in [0.25, 0.3) is 0 Å². The molecule has 35 heavy (non-hydrogen) atoms. The van der Waals surface area contributed by atoms with E-state index in [1.165, 1.54) is 0 Å². The minimum absolute atomic E-state index is 0.197. The number of benzene rings is 2. The second-order valence-electron chi connectivity index (χ2n) is 6.58. The minimum atomic E-state index is -5.42. The van der Waals surface area contributed by atoms with Crippen LogP contribution in [0.2, 0.25) is 0 Å². The number of nitro benzene ring substituents is 1. The number of esters is 2. The zero-order chi connectivity index (χ0) is 26.4. The maximum absolute atomic E-state index is 13.1. The molecule has 0 spiro atoms. The topological polar surface area (TPSA) is 159 Å². The molecule has 16 heteroatoms. The molecule has 0 bridgehead atoms. The van der Waals surface area contributed by atoms with Gasteiger partial charge < -0.3 is 14.2 Å². The molecule has 1 unspecified atom stereocenters. The Kier molecular flexibility index (Phi) is 9.38. The average molecular weight is 633 g/mol. The summed E-state index contributed by atoms with van der Waals surface area (Å²) in [6, 6.07) is 9.19. The van der Waals surface area contributed by atoms with E-state index in [4.69, 9.17) is 14.0 Å². The summed E-state index contributed by atoms with van der Waals surface area (Å²) in [7, 11) is -5.23. The lowest BCUT2D eigenvalue weighted by atomic mass is 10.1. The quantitative estimate of drug-likeness (QED) is 0.103. The normalized spacial score (nSPS) is 12.5. The van der Waals surface area contributed by atoms with E-state index in [1.807, 2.05) is 0 Å². The lowest BCUT2D eigenvalue weighted by Gasteiger charge is -2.20. The number of hydrogen-bond acceptors (Lipinski definition) is 9. The number of rotatable bonds is 10. The first-order valence-corrected chi connectivity index (χ1v) is 11.9. The molecule has 2 rings (SSSR count). The largest absolute Gasteiger partial charge is 0.490 e.